The van der Waals surface area contributed by atoms with Crippen molar-refractivity contribution in [2.24, 2.45) is 0 Å². The number of para-hydroxylation sites is 3. The second kappa shape index (κ2) is 10.4. The van der Waals surface area contributed by atoms with E-state index in [9.17, 15) is 13.2 Å². The zero-order valence-electron chi connectivity index (χ0n) is 19.1. The van der Waals surface area contributed by atoms with E-state index in [1.807, 2.05) is 45.0 Å². The SMILES string of the molecule is CC[C@H](Oc1ccccc1OC)C(=O)Nc1ccc(S(=O)(=O)Nc2c(C)cccc2C)cc1. The van der Waals surface area contributed by atoms with Gasteiger partial charge in [0.1, 0.15) is 0 Å². The Balaban J connectivity index is 1.71. The molecular formula is C25H28N2O5S. The van der Waals surface area contributed by atoms with Gasteiger partial charge in [-0.05, 0) is 67.8 Å². The van der Waals surface area contributed by atoms with Gasteiger partial charge in [0.05, 0.1) is 17.7 Å². The van der Waals surface area contributed by atoms with Crippen LogP contribution < -0.4 is 19.5 Å². The minimum absolute atomic E-state index is 0.0977. The van der Waals surface area contributed by atoms with Crippen LogP contribution >= 0.6 is 0 Å². The zero-order valence-corrected chi connectivity index (χ0v) is 19.9. The smallest absolute Gasteiger partial charge is 0.265 e. The highest BCUT2D eigenvalue weighted by Gasteiger charge is 2.21. The van der Waals surface area contributed by atoms with Crippen LogP contribution in [0.4, 0.5) is 11.4 Å². The van der Waals surface area contributed by atoms with Crippen LogP contribution in [0.15, 0.2) is 71.6 Å². The third kappa shape index (κ3) is 5.84. The van der Waals surface area contributed by atoms with E-state index in [0.717, 1.165) is 11.1 Å². The molecule has 2 N–H and O–H groups in total. The van der Waals surface area contributed by atoms with Gasteiger partial charge < -0.3 is 14.8 Å². The number of anilines is 2. The molecule has 0 fully saturated rings. The van der Waals surface area contributed by atoms with Crippen molar-refractivity contribution in [2.45, 2.75) is 38.2 Å². The number of aryl methyl sites for hydroxylation is 2. The maximum Gasteiger partial charge on any atom is 0.265 e. The van der Waals surface area contributed by atoms with Crippen LogP contribution in [0.3, 0.4) is 0 Å². The molecule has 33 heavy (non-hydrogen) atoms. The van der Waals surface area contributed by atoms with Gasteiger partial charge in [0, 0.05) is 5.69 Å². The van der Waals surface area contributed by atoms with Gasteiger partial charge in [0.15, 0.2) is 17.6 Å². The van der Waals surface area contributed by atoms with Crippen molar-refractivity contribution in [3.05, 3.63) is 77.9 Å². The summed E-state index contributed by atoms with van der Waals surface area (Å²) in [5.41, 5.74) is 2.70. The Morgan fingerprint density at radius 3 is 2.09 bits per heavy atom. The molecule has 0 aliphatic carbocycles. The number of methoxy groups -OCH3 is 1. The largest absolute Gasteiger partial charge is 0.493 e. The molecule has 3 aromatic rings. The standard InChI is InChI=1S/C25H28N2O5S/c1-5-21(32-23-12-7-6-11-22(23)31-4)25(28)26-19-13-15-20(16-14-19)33(29,30)27-24-17(2)9-8-10-18(24)3/h6-16,21,27H,5H2,1-4H3,(H,26,28)/t21-/m0/s1. The summed E-state index contributed by atoms with van der Waals surface area (Å²) < 4.78 is 39.4. The molecule has 8 heteroatoms. The minimum atomic E-state index is -3.77. The molecule has 174 valence electrons. The van der Waals surface area contributed by atoms with E-state index in [4.69, 9.17) is 9.47 Å². The Hall–Kier alpha value is -3.52. The highest BCUT2D eigenvalue weighted by Crippen LogP contribution is 2.28. The van der Waals surface area contributed by atoms with Crippen molar-refractivity contribution in [3.8, 4) is 11.5 Å². The Labute approximate surface area is 194 Å². The van der Waals surface area contributed by atoms with Gasteiger partial charge in [-0.15, -0.1) is 0 Å². The molecule has 0 bridgehead atoms. The number of ether oxygens (including phenoxy) is 2. The normalized spacial score (nSPS) is 12.0. The van der Waals surface area contributed by atoms with E-state index in [1.165, 1.54) is 19.2 Å². The van der Waals surface area contributed by atoms with Crippen molar-refractivity contribution in [3.63, 3.8) is 0 Å². The van der Waals surface area contributed by atoms with Gasteiger partial charge in [0.25, 0.3) is 15.9 Å². The number of benzene rings is 3. The molecule has 7 nitrogen and oxygen atoms in total. The molecule has 1 atom stereocenters. The summed E-state index contributed by atoms with van der Waals surface area (Å²) in [5, 5.41) is 2.78. The number of carbonyl (C=O) groups is 1. The van der Waals surface area contributed by atoms with E-state index in [0.29, 0.717) is 29.3 Å². The predicted octanol–water partition coefficient (Wildman–Crippen LogP) is 4.91. The molecule has 0 radical (unpaired) electrons. The topological polar surface area (TPSA) is 93.7 Å². The molecule has 0 aromatic heterocycles. The number of hydrogen-bond donors (Lipinski definition) is 2. The van der Waals surface area contributed by atoms with Crippen LogP contribution in [-0.2, 0) is 14.8 Å². The number of carbonyl (C=O) groups excluding carboxylic acids is 1. The third-order valence-corrected chi connectivity index (χ3v) is 6.52. The summed E-state index contributed by atoms with van der Waals surface area (Å²) in [6.45, 7) is 5.54. The Morgan fingerprint density at radius 2 is 1.52 bits per heavy atom. The Kier molecular flexibility index (Phi) is 7.60. The summed E-state index contributed by atoms with van der Waals surface area (Å²) in [6, 6.07) is 18.7. The first kappa shape index (κ1) is 24.1. The molecule has 0 unspecified atom stereocenters. The Bertz CT molecular complexity index is 1200. The number of nitrogens with one attached hydrogen (secondary N) is 2. The van der Waals surface area contributed by atoms with Gasteiger partial charge in [-0.2, -0.15) is 0 Å². The highest BCUT2D eigenvalue weighted by atomic mass is 32.2. The number of sulfonamides is 1. The molecule has 3 rings (SSSR count). The van der Waals surface area contributed by atoms with Crippen molar-refractivity contribution in [1.29, 1.82) is 0 Å². The molecule has 0 saturated carbocycles. The molecule has 0 aliphatic rings. The Morgan fingerprint density at radius 1 is 0.909 bits per heavy atom. The molecule has 0 heterocycles. The molecular weight excluding hydrogens is 440 g/mol. The maximum atomic E-state index is 12.8. The first-order chi connectivity index (χ1) is 15.7. The lowest BCUT2D eigenvalue weighted by Gasteiger charge is -2.19. The predicted molar refractivity (Wildman–Crippen MR) is 129 cm³/mol. The summed E-state index contributed by atoms with van der Waals surface area (Å²) in [7, 11) is -2.24. The minimum Gasteiger partial charge on any atom is -0.493 e. The highest BCUT2D eigenvalue weighted by molar-refractivity contribution is 7.92. The van der Waals surface area contributed by atoms with Crippen LogP contribution in [0.5, 0.6) is 11.5 Å². The van der Waals surface area contributed by atoms with Gasteiger partial charge in [-0.25, -0.2) is 8.42 Å². The molecule has 1 amide bonds. The number of amides is 1. The van der Waals surface area contributed by atoms with Crippen molar-refractivity contribution < 1.29 is 22.7 Å². The molecule has 0 spiro atoms. The second-order valence-electron chi connectivity index (χ2n) is 7.55. The van der Waals surface area contributed by atoms with Crippen LogP contribution in [0.1, 0.15) is 24.5 Å². The van der Waals surface area contributed by atoms with E-state index >= 15 is 0 Å². The van der Waals surface area contributed by atoms with Crippen molar-refractivity contribution in [1.82, 2.24) is 0 Å². The zero-order chi connectivity index (χ0) is 24.0. The first-order valence-corrected chi connectivity index (χ1v) is 12.0. The third-order valence-electron chi connectivity index (χ3n) is 5.15. The lowest BCUT2D eigenvalue weighted by molar-refractivity contribution is -0.122. The van der Waals surface area contributed by atoms with E-state index in [-0.39, 0.29) is 10.8 Å². The average Bonchev–Trinajstić information content (AvgIpc) is 2.80. The van der Waals surface area contributed by atoms with Crippen molar-refractivity contribution >= 4 is 27.3 Å². The van der Waals surface area contributed by atoms with Crippen molar-refractivity contribution in [2.75, 3.05) is 17.1 Å². The van der Waals surface area contributed by atoms with Crippen LogP contribution in [0.25, 0.3) is 0 Å². The van der Waals surface area contributed by atoms with Gasteiger partial charge >= 0.3 is 0 Å². The second-order valence-corrected chi connectivity index (χ2v) is 9.23. The summed E-state index contributed by atoms with van der Waals surface area (Å²) in [5.74, 6) is 0.670. The van der Waals surface area contributed by atoms with Crippen LogP contribution in [0.2, 0.25) is 0 Å². The molecule has 0 aliphatic heterocycles. The molecule has 3 aromatic carbocycles. The lowest BCUT2D eigenvalue weighted by Crippen LogP contribution is -2.32. The summed E-state index contributed by atoms with van der Waals surface area (Å²) >= 11 is 0. The summed E-state index contributed by atoms with van der Waals surface area (Å²) in [6.07, 6.45) is -0.300. The first-order valence-electron chi connectivity index (χ1n) is 10.5. The maximum absolute atomic E-state index is 12.8. The fourth-order valence-electron chi connectivity index (χ4n) is 3.30. The molecule has 0 saturated heterocycles. The van der Waals surface area contributed by atoms with E-state index < -0.39 is 16.1 Å². The average molecular weight is 469 g/mol. The quantitative estimate of drug-likeness (QED) is 0.465. The van der Waals surface area contributed by atoms with E-state index in [1.54, 1.807) is 30.3 Å². The van der Waals surface area contributed by atoms with Crippen LogP contribution in [-0.4, -0.2) is 27.5 Å². The fourth-order valence-corrected chi connectivity index (χ4v) is 4.50. The monoisotopic (exact) mass is 468 g/mol. The van der Waals surface area contributed by atoms with Crippen LogP contribution in [0, 0.1) is 13.8 Å². The lowest BCUT2D eigenvalue weighted by atomic mass is 10.1. The number of rotatable bonds is 9. The number of hydrogen-bond acceptors (Lipinski definition) is 5. The van der Waals surface area contributed by atoms with Gasteiger partial charge in [0.2, 0.25) is 0 Å². The van der Waals surface area contributed by atoms with Gasteiger partial charge in [-0.3, -0.25) is 9.52 Å². The fraction of sp³-hybridized carbons (Fsp3) is 0.240. The summed E-state index contributed by atoms with van der Waals surface area (Å²) in [4.78, 5) is 12.8. The van der Waals surface area contributed by atoms with Gasteiger partial charge in [-0.1, -0.05) is 37.3 Å². The van der Waals surface area contributed by atoms with E-state index in [2.05, 4.69) is 10.0 Å².